The molecular weight excluding hydrogens is 333 g/mol. The van der Waals surface area contributed by atoms with Gasteiger partial charge in [0.2, 0.25) is 11.8 Å². The summed E-state index contributed by atoms with van der Waals surface area (Å²) in [6.45, 7) is 2.30. The molecule has 1 aromatic carbocycles. The van der Waals surface area contributed by atoms with Crippen molar-refractivity contribution in [3.63, 3.8) is 0 Å². The molecule has 2 aliphatic heterocycles. The minimum absolute atomic E-state index is 0.0592. The van der Waals surface area contributed by atoms with Gasteiger partial charge < -0.3 is 10.6 Å². The molecule has 0 aliphatic carbocycles. The Kier molecular flexibility index (Phi) is 6.04. The Morgan fingerprint density at radius 2 is 1.88 bits per heavy atom. The van der Waals surface area contributed by atoms with E-state index in [2.05, 4.69) is 4.90 Å². The second-order valence-electron chi connectivity index (χ2n) is 7.04. The van der Waals surface area contributed by atoms with Crippen molar-refractivity contribution in [1.82, 2.24) is 9.80 Å². The zero-order chi connectivity index (χ0) is 18.5. The molecule has 2 saturated heterocycles. The summed E-state index contributed by atoms with van der Waals surface area (Å²) in [4.78, 5) is 28.0. The molecule has 0 bridgehead atoms. The van der Waals surface area contributed by atoms with Crippen LogP contribution < -0.4 is 5.73 Å². The van der Waals surface area contributed by atoms with Crippen LogP contribution in [0.25, 0.3) is 6.08 Å². The summed E-state index contributed by atoms with van der Waals surface area (Å²) in [7, 11) is 0. The fourth-order valence-corrected chi connectivity index (χ4v) is 4.00. The first-order valence-corrected chi connectivity index (χ1v) is 9.30. The molecule has 2 aliphatic rings. The van der Waals surface area contributed by atoms with Crippen molar-refractivity contribution in [1.29, 1.82) is 0 Å². The molecule has 0 aromatic heterocycles. The Morgan fingerprint density at radius 3 is 2.58 bits per heavy atom. The quantitative estimate of drug-likeness (QED) is 0.876. The molecule has 0 saturated carbocycles. The van der Waals surface area contributed by atoms with Crippen molar-refractivity contribution in [2.24, 2.45) is 5.73 Å². The zero-order valence-electron chi connectivity index (χ0n) is 14.9. The van der Waals surface area contributed by atoms with Gasteiger partial charge >= 0.3 is 0 Å². The number of piperidine rings is 1. The molecule has 3 rings (SSSR count). The van der Waals surface area contributed by atoms with E-state index in [1.807, 2.05) is 4.90 Å². The first-order valence-electron chi connectivity index (χ1n) is 9.30. The number of carbonyl (C=O) groups is 2. The van der Waals surface area contributed by atoms with Crippen molar-refractivity contribution in [2.75, 3.05) is 19.6 Å². The van der Waals surface area contributed by atoms with E-state index in [9.17, 15) is 14.0 Å². The third-order valence-electron chi connectivity index (χ3n) is 5.40. The molecule has 2 N–H and O–H groups in total. The summed E-state index contributed by atoms with van der Waals surface area (Å²) < 4.78 is 13.6. The molecule has 26 heavy (non-hydrogen) atoms. The van der Waals surface area contributed by atoms with Crippen molar-refractivity contribution in [2.45, 2.75) is 44.2 Å². The lowest BCUT2D eigenvalue weighted by Crippen LogP contribution is -2.51. The molecule has 1 aromatic rings. The zero-order valence-corrected chi connectivity index (χ0v) is 14.9. The smallest absolute Gasteiger partial charge is 0.234 e. The van der Waals surface area contributed by atoms with Gasteiger partial charge in [0.15, 0.2) is 0 Å². The summed E-state index contributed by atoms with van der Waals surface area (Å²) >= 11 is 0. The van der Waals surface area contributed by atoms with Gasteiger partial charge in [0, 0.05) is 31.1 Å². The maximum absolute atomic E-state index is 13.6. The molecular formula is C20H26FN3O2. The van der Waals surface area contributed by atoms with Crippen LogP contribution in [-0.2, 0) is 9.59 Å². The number of hydrogen-bond donors (Lipinski definition) is 1. The van der Waals surface area contributed by atoms with Crippen molar-refractivity contribution >= 4 is 17.9 Å². The van der Waals surface area contributed by atoms with Crippen LogP contribution in [-0.4, -0.2) is 53.3 Å². The lowest BCUT2D eigenvalue weighted by molar-refractivity contribution is -0.132. The van der Waals surface area contributed by atoms with Gasteiger partial charge in [0.25, 0.3) is 0 Å². The third kappa shape index (κ3) is 4.30. The first-order chi connectivity index (χ1) is 12.6. The molecule has 0 radical (unpaired) electrons. The van der Waals surface area contributed by atoms with Gasteiger partial charge in [0.05, 0.1) is 6.04 Å². The van der Waals surface area contributed by atoms with Crippen LogP contribution in [0.5, 0.6) is 0 Å². The van der Waals surface area contributed by atoms with Crippen molar-refractivity contribution < 1.29 is 14.0 Å². The fourth-order valence-electron chi connectivity index (χ4n) is 4.00. The van der Waals surface area contributed by atoms with Crippen LogP contribution in [0.15, 0.2) is 30.3 Å². The van der Waals surface area contributed by atoms with Gasteiger partial charge in [-0.3, -0.25) is 14.5 Å². The van der Waals surface area contributed by atoms with E-state index in [0.29, 0.717) is 24.7 Å². The number of primary amides is 1. The minimum atomic E-state index is -0.286. The third-order valence-corrected chi connectivity index (χ3v) is 5.40. The number of carbonyl (C=O) groups excluding carboxylic acids is 2. The van der Waals surface area contributed by atoms with Gasteiger partial charge in [-0.15, -0.1) is 0 Å². The topological polar surface area (TPSA) is 66.6 Å². The second-order valence-corrected chi connectivity index (χ2v) is 7.04. The molecule has 5 nitrogen and oxygen atoms in total. The van der Waals surface area contributed by atoms with E-state index >= 15 is 0 Å². The Hall–Kier alpha value is -2.21. The van der Waals surface area contributed by atoms with Gasteiger partial charge in [-0.2, -0.15) is 0 Å². The number of rotatable bonds is 5. The Bertz CT molecular complexity index is 683. The van der Waals surface area contributed by atoms with Gasteiger partial charge in [-0.05, 0) is 38.3 Å². The van der Waals surface area contributed by atoms with E-state index in [0.717, 1.165) is 32.2 Å². The normalized spacial score (nSPS) is 22.2. The number of halogens is 1. The average Bonchev–Trinajstić information content (AvgIpc) is 3.13. The number of likely N-dealkylation sites (tertiary alicyclic amines) is 2. The maximum Gasteiger partial charge on any atom is 0.234 e. The summed E-state index contributed by atoms with van der Waals surface area (Å²) in [5.74, 6) is -0.463. The van der Waals surface area contributed by atoms with Gasteiger partial charge in [-0.25, -0.2) is 4.39 Å². The van der Waals surface area contributed by atoms with Crippen LogP contribution >= 0.6 is 0 Å². The molecule has 2 heterocycles. The summed E-state index contributed by atoms with van der Waals surface area (Å²) in [6.07, 6.45) is 7.23. The lowest BCUT2D eigenvalue weighted by Gasteiger charge is -2.38. The van der Waals surface area contributed by atoms with E-state index in [4.69, 9.17) is 5.73 Å². The van der Waals surface area contributed by atoms with E-state index in [-0.39, 0.29) is 30.1 Å². The summed E-state index contributed by atoms with van der Waals surface area (Å²) in [6, 6.07) is 6.69. The Labute approximate surface area is 153 Å². The lowest BCUT2D eigenvalue weighted by atomic mass is 10.0. The van der Waals surface area contributed by atoms with Crippen LogP contribution in [0.4, 0.5) is 4.39 Å². The average molecular weight is 359 g/mol. The molecule has 2 amide bonds. The predicted octanol–water partition coefficient (Wildman–Crippen LogP) is 2.17. The SMILES string of the molecule is NC(=O)C1CCCN1C1CCN(C(=O)C/C=C/c2ccccc2F)CC1. The standard InChI is InChI=1S/C20H26FN3O2/c21-17-7-2-1-5-15(17)6-3-9-19(25)23-13-10-16(11-14-23)24-12-4-8-18(24)20(22)26/h1-3,5-7,16,18H,4,8-14H2,(H2,22,26)/b6-3+. The first kappa shape index (κ1) is 18.6. The van der Waals surface area contributed by atoms with Crippen LogP contribution in [0.2, 0.25) is 0 Å². The predicted molar refractivity (Wildman–Crippen MR) is 98.6 cm³/mol. The highest BCUT2D eigenvalue weighted by Gasteiger charge is 2.36. The highest BCUT2D eigenvalue weighted by molar-refractivity contribution is 5.80. The van der Waals surface area contributed by atoms with E-state index < -0.39 is 0 Å². The Balaban J connectivity index is 1.48. The number of benzene rings is 1. The molecule has 1 atom stereocenters. The molecule has 0 spiro atoms. The molecule has 140 valence electrons. The van der Waals surface area contributed by atoms with Gasteiger partial charge in [-0.1, -0.05) is 30.4 Å². The number of amides is 2. The summed E-state index contributed by atoms with van der Waals surface area (Å²) in [5, 5.41) is 0. The second kappa shape index (κ2) is 8.45. The van der Waals surface area contributed by atoms with E-state index in [1.165, 1.54) is 6.07 Å². The fraction of sp³-hybridized carbons (Fsp3) is 0.500. The van der Waals surface area contributed by atoms with Crippen LogP contribution in [0, 0.1) is 5.82 Å². The van der Waals surface area contributed by atoms with Crippen molar-refractivity contribution in [3.8, 4) is 0 Å². The number of nitrogens with zero attached hydrogens (tertiary/aromatic N) is 2. The number of hydrogen-bond acceptors (Lipinski definition) is 3. The minimum Gasteiger partial charge on any atom is -0.368 e. The van der Waals surface area contributed by atoms with Crippen LogP contribution in [0.1, 0.15) is 37.7 Å². The molecule has 2 fully saturated rings. The summed E-state index contributed by atoms with van der Waals surface area (Å²) in [5.41, 5.74) is 6.00. The van der Waals surface area contributed by atoms with E-state index in [1.54, 1.807) is 30.4 Å². The van der Waals surface area contributed by atoms with Gasteiger partial charge in [0.1, 0.15) is 5.82 Å². The van der Waals surface area contributed by atoms with Crippen molar-refractivity contribution in [3.05, 3.63) is 41.7 Å². The number of nitrogens with two attached hydrogens (primary N) is 1. The molecule has 6 heteroatoms. The van der Waals surface area contributed by atoms with Crippen LogP contribution in [0.3, 0.4) is 0 Å². The monoisotopic (exact) mass is 359 g/mol. The Morgan fingerprint density at radius 1 is 1.15 bits per heavy atom. The highest BCUT2D eigenvalue weighted by atomic mass is 19.1. The maximum atomic E-state index is 13.6. The molecule has 1 unspecified atom stereocenters. The largest absolute Gasteiger partial charge is 0.368 e. The highest BCUT2D eigenvalue weighted by Crippen LogP contribution is 2.26.